The van der Waals surface area contributed by atoms with Gasteiger partial charge in [0.25, 0.3) is 5.91 Å². The predicted octanol–water partition coefficient (Wildman–Crippen LogP) is 3.62. The molecule has 5 rings (SSSR count). The lowest BCUT2D eigenvalue weighted by Gasteiger charge is -2.34. The number of ether oxygens (including phenoxy) is 1. The first-order valence-electron chi connectivity index (χ1n) is 13.5. The lowest BCUT2D eigenvalue weighted by Crippen LogP contribution is -2.49. The van der Waals surface area contributed by atoms with Crippen LogP contribution < -0.4 is 10.2 Å². The van der Waals surface area contributed by atoms with Crippen molar-refractivity contribution in [1.29, 1.82) is 0 Å². The van der Waals surface area contributed by atoms with E-state index in [9.17, 15) is 9.59 Å². The number of nitrogens with one attached hydrogen (secondary N) is 1. The normalized spacial score (nSPS) is 16.6. The largest absolute Gasteiger partial charge is 0.508 e. The van der Waals surface area contributed by atoms with Crippen molar-refractivity contribution in [3.63, 3.8) is 0 Å². The number of pyridine rings is 1. The molecule has 1 saturated heterocycles. The Bertz CT molecular complexity index is 1540. The van der Waals surface area contributed by atoms with Gasteiger partial charge in [-0.1, -0.05) is 25.1 Å². The van der Waals surface area contributed by atoms with E-state index in [0.29, 0.717) is 30.0 Å². The van der Waals surface area contributed by atoms with Gasteiger partial charge in [-0.3, -0.25) is 14.4 Å². The summed E-state index contributed by atoms with van der Waals surface area (Å²) in [6, 6.07) is 11.2. The van der Waals surface area contributed by atoms with Crippen molar-refractivity contribution in [2.24, 2.45) is 7.05 Å². The van der Waals surface area contributed by atoms with Gasteiger partial charge in [0.2, 0.25) is 11.5 Å². The number of nitrogens with zero attached hydrogens (tertiary/aromatic N) is 8. The number of aryl methyl sites for hydroxylation is 2. The first-order chi connectivity index (χ1) is 19.7. The summed E-state index contributed by atoms with van der Waals surface area (Å²) in [6.45, 7) is 6.96. The molecule has 13 heteroatoms. The molecule has 1 aliphatic rings. The number of tetrazole rings is 1. The van der Waals surface area contributed by atoms with Gasteiger partial charge in [-0.15, -0.1) is 15.0 Å². The van der Waals surface area contributed by atoms with Crippen LogP contribution in [0.4, 0.5) is 10.6 Å². The first-order valence-corrected chi connectivity index (χ1v) is 13.5. The van der Waals surface area contributed by atoms with Crippen LogP contribution in [-0.2, 0) is 17.5 Å². The van der Waals surface area contributed by atoms with Gasteiger partial charge in [-0.2, -0.15) is 5.10 Å². The highest BCUT2D eigenvalue weighted by Crippen LogP contribution is 2.31. The van der Waals surface area contributed by atoms with Gasteiger partial charge >= 0.3 is 6.16 Å². The molecule has 13 nitrogen and oxygen atoms in total. The maximum Gasteiger partial charge on any atom is 0.508 e. The number of amides is 1. The van der Waals surface area contributed by atoms with Crippen LogP contribution in [0.5, 0.6) is 0 Å². The number of hydrogen-bond acceptors (Lipinski definition) is 9. The fourth-order valence-corrected chi connectivity index (χ4v) is 5.02. The van der Waals surface area contributed by atoms with Crippen molar-refractivity contribution in [2.45, 2.75) is 51.8 Å². The minimum Gasteiger partial charge on any atom is -0.450 e. The minimum atomic E-state index is -1.43. The van der Waals surface area contributed by atoms with Crippen molar-refractivity contribution in [3.8, 4) is 22.6 Å². The van der Waals surface area contributed by atoms with Crippen molar-refractivity contribution >= 4 is 17.9 Å². The van der Waals surface area contributed by atoms with Crippen LogP contribution in [0, 0.1) is 6.92 Å². The summed E-state index contributed by atoms with van der Waals surface area (Å²) in [5.74, 6) is 0.820. The Labute approximate surface area is 237 Å². The van der Waals surface area contributed by atoms with Gasteiger partial charge in [0.05, 0.1) is 12.2 Å². The highest BCUT2D eigenvalue weighted by molar-refractivity contribution is 6.06. The predicted molar refractivity (Wildman–Crippen MR) is 150 cm³/mol. The standard InChI is InChI=1S/C28H33N9O4/c1-5-28(3,41-27(39)40)37-33-24(32-34-37)23-22(17-31-35(23)4)19-10-12-20(13-11-19)26(38)36(21-9-7-14-29-16-21)25-18(2)8-6-15-30-25/h6,8,10-13,15,17,21,29H,5,7,9,14,16H2,1-4H3,(H,39,40)/t21-,28+/m1/s1. The minimum absolute atomic E-state index is 0.00190. The molecule has 0 spiro atoms. The van der Waals surface area contributed by atoms with E-state index < -0.39 is 11.9 Å². The van der Waals surface area contributed by atoms with Gasteiger partial charge in [0.15, 0.2) is 0 Å². The number of benzene rings is 1. The molecule has 1 aromatic carbocycles. The van der Waals surface area contributed by atoms with Crippen molar-refractivity contribution in [1.82, 2.24) is 40.3 Å². The number of anilines is 1. The number of hydrogen-bond donors (Lipinski definition) is 2. The van der Waals surface area contributed by atoms with E-state index in [1.807, 2.05) is 36.1 Å². The SMILES string of the molecule is CC[C@](C)(OC(=O)O)n1nnc(-c2c(-c3ccc(C(=O)N(c4ncccc4C)[C@@H]4CCCNC4)cc3)cnn2C)n1. The zero-order valence-electron chi connectivity index (χ0n) is 23.5. The number of carbonyl (C=O) groups is 2. The highest BCUT2D eigenvalue weighted by Gasteiger charge is 2.33. The summed E-state index contributed by atoms with van der Waals surface area (Å²) in [5, 5.41) is 29.6. The molecule has 0 radical (unpaired) electrons. The molecule has 0 aliphatic carbocycles. The topological polar surface area (TPSA) is 153 Å². The summed E-state index contributed by atoms with van der Waals surface area (Å²) in [4.78, 5) is 32.6. The van der Waals surface area contributed by atoms with E-state index in [1.54, 1.807) is 50.1 Å². The summed E-state index contributed by atoms with van der Waals surface area (Å²) in [6.07, 6.45) is 4.16. The Hall–Kier alpha value is -4.65. The summed E-state index contributed by atoms with van der Waals surface area (Å²) in [5.41, 5.74) is 2.30. The smallest absolute Gasteiger partial charge is 0.450 e. The number of carbonyl (C=O) groups excluding carboxylic acids is 1. The zero-order valence-corrected chi connectivity index (χ0v) is 23.5. The second kappa shape index (κ2) is 11.5. The van der Waals surface area contributed by atoms with Gasteiger partial charge in [0.1, 0.15) is 11.5 Å². The van der Waals surface area contributed by atoms with Crippen molar-refractivity contribution < 1.29 is 19.4 Å². The van der Waals surface area contributed by atoms with E-state index in [-0.39, 0.29) is 17.8 Å². The van der Waals surface area contributed by atoms with E-state index in [1.165, 1.54) is 0 Å². The second-order valence-electron chi connectivity index (χ2n) is 10.2. The van der Waals surface area contributed by atoms with Crippen molar-refractivity contribution in [2.75, 3.05) is 18.0 Å². The number of aromatic nitrogens is 7. The molecule has 2 N–H and O–H groups in total. The van der Waals surface area contributed by atoms with E-state index in [0.717, 1.165) is 40.9 Å². The monoisotopic (exact) mass is 559 g/mol. The van der Waals surface area contributed by atoms with Crippen LogP contribution in [0.15, 0.2) is 48.8 Å². The number of rotatable bonds is 8. The molecule has 4 aromatic rings. The van der Waals surface area contributed by atoms with Crippen LogP contribution in [0.2, 0.25) is 0 Å². The lowest BCUT2D eigenvalue weighted by molar-refractivity contribution is -0.0810. The van der Waals surface area contributed by atoms with E-state index in [2.05, 4.69) is 30.8 Å². The number of carboxylic acid groups (broad SMARTS) is 1. The average molecular weight is 560 g/mol. The maximum absolute atomic E-state index is 13.9. The lowest BCUT2D eigenvalue weighted by atomic mass is 10.0. The summed E-state index contributed by atoms with van der Waals surface area (Å²) in [7, 11) is 1.76. The third kappa shape index (κ3) is 5.53. The molecule has 0 saturated carbocycles. The quantitative estimate of drug-likeness (QED) is 0.306. The fourth-order valence-electron chi connectivity index (χ4n) is 5.02. The summed E-state index contributed by atoms with van der Waals surface area (Å²) < 4.78 is 6.66. The molecule has 4 heterocycles. The Morgan fingerprint density at radius 3 is 2.68 bits per heavy atom. The third-order valence-corrected chi connectivity index (χ3v) is 7.46. The second-order valence-corrected chi connectivity index (χ2v) is 10.2. The molecule has 1 amide bonds. The number of piperidine rings is 1. The van der Waals surface area contributed by atoms with Crippen LogP contribution >= 0.6 is 0 Å². The Morgan fingerprint density at radius 1 is 1.24 bits per heavy atom. The molecule has 0 bridgehead atoms. The molecule has 3 aromatic heterocycles. The highest BCUT2D eigenvalue weighted by atomic mass is 16.7. The summed E-state index contributed by atoms with van der Waals surface area (Å²) >= 11 is 0. The molecule has 41 heavy (non-hydrogen) atoms. The maximum atomic E-state index is 13.9. The molecule has 214 valence electrons. The van der Waals surface area contributed by atoms with Crippen LogP contribution in [0.3, 0.4) is 0 Å². The van der Waals surface area contributed by atoms with E-state index in [4.69, 9.17) is 9.84 Å². The molecule has 1 aliphatic heterocycles. The molecule has 0 unspecified atom stereocenters. The molecule has 1 fully saturated rings. The van der Waals surface area contributed by atoms with Gasteiger partial charge in [-0.25, -0.2) is 9.78 Å². The average Bonchev–Trinajstić information content (AvgIpc) is 3.61. The molecular weight excluding hydrogens is 526 g/mol. The Balaban J connectivity index is 1.45. The molecule has 2 atom stereocenters. The first kappa shape index (κ1) is 27.9. The van der Waals surface area contributed by atoms with Gasteiger partial charge in [-0.05, 0) is 67.8 Å². The Kier molecular flexibility index (Phi) is 7.79. The van der Waals surface area contributed by atoms with Gasteiger partial charge in [0, 0.05) is 37.3 Å². The third-order valence-electron chi connectivity index (χ3n) is 7.46. The van der Waals surface area contributed by atoms with Crippen LogP contribution in [0.25, 0.3) is 22.6 Å². The van der Waals surface area contributed by atoms with Crippen LogP contribution in [0.1, 0.15) is 49.0 Å². The molecular formula is C28H33N9O4. The van der Waals surface area contributed by atoms with Crippen molar-refractivity contribution in [3.05, 3.63) is 59.9 Å². The van der Waals surface area contributed by atoms with Gasteiger partial charge < -0.3 is 15.2 Å². The van der Waals surface area contributed by atoms with Crippen LogP contribution in [-0.4, -0.2) is 71.3 Å². The fraction of sp³-hybridized carbons (Fsp3) is 0.393. The zero-order chi connectivity index (χ0) is 29.1. The van der Waals surface area contributed by atoms with E-state index >= 15 is 0 Å². The Morgan fingerprint density at radius 2 is 2.02 bits per heavy atom.